The van der Waals surface area contributed by atoms with Crippen molar-refractivity contribution >= 4 is 17.8 Å². The number of nitrogens with zero attached hydrogens (tertiary/aromatic N) is 3. The van der Waals surface area contributed by atoms with Crippen molar-refractivity contribution in [3.63, 3.8) is 0 Å². The Hall–Kier alpha value is -2.99. The predicted molar refractivity (Wildman–Crippen MR) is 106 cm³/mol. The first-order chi connectivity index (χ1) is 13.4. The Morgan fingerprint density at radius 2 is 1.43 bits per heavy atom. The maximum atomic E-state index is 12.6. The van der Waals surface area contributed by atoms with Gasteiger partial charge < -0.3 is 0 Å². The number of hydrogen-bond donors (Lipinski definition) is 0. The maximum Gasteiger partial charge on any atom is 0.335 e. The smallest absolute Gasteiger partial charge is 0.284 e. The molecule has 146 valence electrons. The van der Waals surface area contributed by atoms with Crippen LogP contribution < -0.4 is 0 Å². The van der Waals surface area contributed by atoms with E-state index in [9.17, 15) is 14.4 Å². The summed E-state index contributed by atoms with van der Waals surface area (Å²) >= 11 is 0. The number of hydrogen-bond acceptors (Lipinski definition) is 4. The van der Waals surface area contributed by atoms with E-state index in [4.69, 9.17) is 0 Å². The Kier molecular flexibility index (Phi) is 5.90. The third kappa shape index (κ3) is 4.28. The van der Waals surface area contributed by atoms with E-state index in [0.29, 0.717) is 12.5 Å². The molecule has 0 radical (unpaired) electrons. The highest BCUT2D eigenvalue weighted by Crippen LogP contribution is 2.18. The summed E-state index contributed by atoms with van der Waals surface area (Å²) in [5.74, 6) is -1.08. The number of benzene rings is 2. The Morgan fingerprint density at radius 3 is 2.04 bits per heavy atom. The minimum atomic E-state index is -0.775. The van der Waals surface area contributed by atoms with E-state index >= 15 is 0 Å². The SMILES string of the molecule is CC(C)c1ccc(CN(C)CN2C(=O)C(=O)N(Cc3ccccc3)C2=O)cc1. The van der Waals surface area contributed by atoms with Crippen LogP contribution in [-0.4, -0.2) is 46.3 Å². The highest BCUT2D eigenvalue weighted by atomic mass is 16.2. The van der Waals surface area contributed by atoms with Crippen molar-refractivity contribution < 1.29 is 14.4 Å². The molecular weight excluding hydrogens is 354 g/mol. The van der Waals surface area contributed by atoms with Gasteiger partial charge in [0, 0.05) is 6.54 Å². The summed E-state index contributed by atoms with van der Waals surface area (Å²) in [4.78, 5) is 41.1. The van der Waals surface area contributed by atoms with E-state index in [1.165, 1.54) is 5.56 Å². The zero-order chi connectivity index (χ0) is 20.3. The topological polar surface area (TPSA) is 60.9 Å². The molecule has 0 spiro atoms. The molecule has 4 amide bonds. The van der Waals surface area contributed by atoms with Gasteiger partial charge in [0.1, 0.15) is 0 Å². The fraction of sp³-hybridized carbons (Fsp3) is 0.318. The Morgan fingerprint density at radius 1 is 0.821 bits per heavy atom. The summed E-state index contributed by atoms with van der Waals surface area (Å²) in [5, 5.41) is 0. The Balaban J connectivity index is 1.63. The molecule has 0 saturated carbocycles. The summed E-state index contributed by atoms with van der Waals surface area (Å²) in [6.07, 6.45) is 0. The van der Waals surface area contributed by atoms with Crippen molar-refractivity contribution in [3.05, 3.63) is 71.3 Å². The highest BCUT2D eigenvalue weighted by molar-refractivity contribution is 6.44. The Bertz CT molecular complexity index is 862. The lowest BCUT2D eigenvalue weighted by atomic mass is 10.0. The molecule has 6 nitrogen and oxygen atoms in total. The van der Waals surface area contributed by atoms with Crippen LogP contribution in [0.5, 0.6) is 0 Å². The second-order valence-electron chi connectivity index (χ2n) is 7.44. The standard InChI is InChI=1S/C22H25N3O3/c1-16(2)19-11-9-18(10-12-19)13-23(3)15-25-21(27)20(26)24(22(25)28)14-17-7-5-4-6-8-17/h4-12,16H,13-15H2,1-3H3. The third-order valence-corrected chi connectivity index (χ3v) is 4.80. The highest BCUT2D eigenvalue weighted by Gasteiger charge is 2.44. The van der Waals surface area contributed by atoms with Crippen molar-refractivity contribution in [1.82, 2.24) is 14.7 Å². The zero-order valence-electron chi connectivity index (χ0n) is 16.5. The van der Waals surface area contributed by atoms with Crippen LogP contribution in [0.2, 0.25) is 0 Å². The normalized spacial score (nSPS) is 14.7. The second-order valence-corrected chi connectivity index (χ2v) is 7.44. The van der Waals surface area contributed by atoms with Crippen molar-refractivity contribution in [2.75, 3.05) is 13.7 Å². The second kappa shape index (κ2) is 8.35. The first kappa shape index (κ1) is 19.8. The van der Waals surface area contributed by atoms with Crippen molar-refractivity contribution in [2.24, 2.45) is 0 Å². The number of carbonyl (C=O) groups is 3. The van der Waals surface area contributed by atoms with E-state index in [-0.39, 0.29) is 13.2 Å². The van der Waals surface area contributed by atoms with Crippen LogP contribution >= 0.6 is 0 Å². The lowest BCUT2D eigenvalue weighted by Crippen LogP contribution is -2.40. The van der Waals surface area contributed by atoms with E-state index in [0.717, 1.165) is 20.9 Å². The van der Waals surface area contributed by atoms with Crippen LogP contribution in [0.3, 0.4) is 0 Å². The van der Waals surface area contributed by atoms with Gasteiger partial charge in [-0.2, -0.15) is 0 Å². The summed E-state index contributed by atoms with van der Waals surface area (Å²) in [6.45, 7) is 5.03. The third-order valence-electron chi connectivity index (χ3n) is 4.80. The molecule has 1 fully saturated rings. The Labute approximate surface area is 165 Å². The summed E-state index contributed by atoms with van der Waals surface area (Å²) in [5.41, 5.74) is 3.15. The van der Waals surface area contributed by atoms with Crippen LogP contribution in [0.4, 0.5) is 4.79 Å². The fourth-order valence-corrected chi connectivity index (χ4v) is 3.19. The summed E-state index contributed by atoms with van der Waals surface area (Å²) in [7, 11) is 1.82. The molecule has 1 aliphatic rings. The van der Waals surface area contributed by atoms with Crippen molar-refractivity contribution in [3.8, 4) is 0 Å². The zero-order valence-corrected chi connectivity index (χ0v) is 16.5. The van der Waals surface area contributed by atoms with Gasteiger partial charge in [0.05, 0.1) is 13.2 Å². The minimum absolute atomic E-state index is 0.0701. The molecule has 2 aromatic rings. The van der Waals surface area contributed by atoms with Gasteiger partial charge in [0.15, 0.2) is 0 Å². The quantitative estimate of drug-likeness (QED) is 0.548. The molecule has 2 aromatic carbocycles. The molecule has 0 N–H and O–H groups in total. The molecule has 1 aliphatic heterocycles. The van der Waals surface area contributed by atoms with Gasteiger partial charge in [-0.3, -0.25) is 19.4 Å². The van der Waals surface area contributed by atoms with E-state index in [1.807, 2.05) is 54.4 Å². The molecule has 3 rings (SSSR count). The molecule has 0 aromatic heterocycles. The van der Waals surface area contributed by atoms with Crippen LogP contribution in [0.1, 0.15) is 36.5 Å². The lowest BCUT2D eigenvalue weighted by molar-refractivity contribution is -0.144. The fourth-order valence-electron chi connectivity index (χ4n) is 3.19. The molecule has 0 aliphatic carbocycles. The number of rotatable bonds is 7. The van der Waals surface area contributed by atoms with Gasteiger partial charge in [-0.15, -0.1) is 0 Å². The maximum absolute atomic E-state index is 12.6. The molecule has 0 atom stereocenters. The molecule has 1 saturated heterocycles. The van der Waals surface area contributed by atoms with Gasteiger partial charge in [-0.05, 0) is 29.7 Å². The monoisotopic (exact) mass is 379 g/mol. The van der Waals surface area contributed by atoms with Crippen LogP contribution in [0.15, 0.2) is 54.6 Å². The van der Waals surface area contributed by atoms with Gasteiger partial charge in [0.25, 0.3) is 0 Å². The van der Waals surface area contributed by atoms with Crippen LogP contribution in [-0.2, 0) is 22.7 Å². The van der Waals surface area contributed by atoms with Gasteiger partial charge >= 0.3 is 17.8 Å². The predicted octanol–water partition coefficient (Wildman–Crippen LogP) is 3.19. The number of urea groups is 1. The molecule has 28 heavy (non-hydrogen) atoms. The first-order valence-corrected chi connectivity index (χ1v) is 9.35. The summed E-state index contributed by atoms with van der Waals surface area (Å²) < 4.78 is 0. The van der Waals surface area contributed by atoms with Crippen LogP contribution in [0, 0.1) is 0 Å². The minimum Gasteiger partial charge on any atom is -0.284 e. The van der Waals surface area contributed by atoms with Gasteiger partial charge in [-0.1, -0.05) is 68.4 Å². The molecule has 6 heteroatoms. The lowest BCUT2D eigenvalue weighted by Gasteiger charge is -2.22. The number of amides is 4. The first-order valence-electron chi connectivity index (χ1n) is 9.35. The van der Waals surface area contributed by atoms with Gasteiger partial charge in [-0.25, -0.2) is 9.69 Å². The molecular formula is C22H25N3O3. The van der Waals surface area contributed by atoms with Crippen molar-refractivity contribution in [2.45, 2.75) is 32.9 Å². The number of carbonyl (C=O) groups excluding carboxylic acids is 3. The van der Waals surface area contributed by atoms with E-state index in [1.54, 1.807) is 0 Å². The van der Waals surface area contributed by atoms with E-state index < -0.39 is 17.8 Å². The van der Waals surface area contributed by atoms with Crippen LogP contribution in [0.25, 0.3) is 0 Å². The molecule has 0 unspecified atom stereocenters. The molecule has 1 heterocycles. The average Bonchev–Trinajstić information content (AvgIpc) is 2.87. The van der Waals surface area contributed by atoms with Gasteiger partial charge in [0.2, 0.25) is 0 Å². The van der Waals surface area contributed by atoms with E-state index in [2.05, 4.69) is 26.0 Å². The summed E-state index contributed by atoms with van der Waals surface area (Å²) in [6, 6.07) is 16.9. The average molecular weight is 379 g/mol. The molecule has 0 bridgehead atoms. The number of imide groups is 2. The largest absolute Gasteiger partial charge is 0.335 e. The van der Waals surface area contributed by atoms with Crippen molar-refractivity contribution in [1.29, 1.82) is 0 Å².